The monoisotopic (exact) mass is 246 g/mol. The summed E-state index contributed by atoms with van der Waals surface area (Å²) in [5.74, 6) is 1.51. The Morgan fingerprint density at radius 1 is 1.33 bits per heavy atom. The number of nitrogens with one attached hydrogen (secondary N) is 1. The van der Waals surface area contributed by atoms with Gasteiger partial charge in [-0.3, -0.25) is 0 Å². The van der Waals surface area contributed by atoms with Crippen LogP contribution in [0.2, 0.25) is 0 Å². The predicted octanol–water partition coefficient (Wildman–Crippen LogP) is 2.39. The summed E-state index contributed by atoms with van der Waals surface area (Å²) < 4.78 is 10.7. The van der Waals surface area contributed by atoms with Crippen molar-refractivity contribution in [1.29, 1.82) is 0 Å². The zero-order valence-corrected chi connectivity index (χ0v) is 10.8. The molecule has 0 amide bonds. The first-order valence-corrected chi connectivity index (χ1v) is 6.01. The maximum absolute atomic E-state index is 5.72. The van der Waals surface area contributed by atoms with Gasteiger partial charge in [-0.2, -0.15) is 0 Å². The van der Waals surface area contributed by atoms with Gasteiger partial charge < -0.3 is 14.5 Å². The molecule has 2 rings (SSSR count). The molecule has 1 aromatic carbocycles. The van der Waals surface area contributed by atoms with E-state index in [0.717, 1.165) is 17.9 Å². The van der Waals surface area contributed by atoms with Gasteiger partial charge in [-0.05, 0) is 12.5 Å². The van der Waals surface area contributed by atoms with Gasteiger partial charge in [0.1, 0.15) is 0 Å². The van der Waals surface area contributed by atoms with Crippen LogP contribution < -0.4 is 5.32 Å². The summed E-state index contributed by atoms with van der Waals surface area (Å²) in [5, 5.41) is 3.20. The maximum Gasteiger partial charge on any atom is 0.208 e. The van der Waals surface area contributed by atoms with E-state index in [4.69, 9.17) is 9.15 Å². The molecule has 0 saturated heterocycles. The molecule has 0 fully saturated rings. The second-order valence-electron chi connectivity index (χ2n) is 4.10. The van der Waals surface area contributed by atoms with Gasteiger partial charge in [-0.15, -0.1) is 0 Å². The van der Waals surface area contributed by atoms with Crippen molar-refractivity contribution in [2.24, 2.45) is 0 Å². The number of aromatic nitrogens is 1. The lowest BCUT2D eigenvalue weighted by atomic mass is 10.1. The molecule has 2 aromatic rings. The highest BCUT2D eigenvalue weighted by Crippen LogP contribution is 2.23. The molecular formula is C14H18N2O2. The number of oxazole rings is 1. The number of hydrogen-bond donors (Lipinski definition) is 1. The first kappa shape index (κ1) is 12.8. The molecule has 0 atom stereocenters. The van der Waals surface area contributed by atoms with Crippen LogP contribution in [0.5, 0.6) is 0 Å². The van der Waals surface area contributed by atoms with Crippen molar-refractivity contribution < 1.29 is 9.15 Å². The highest BCUT2D eigenvalue weighted by Gasteiger charge is 2.07. The number of ether oxygens (including phenoxy) is 1. The molecular weight excluding hydrogens is 228 g/mol. The van der Waals surface area contributed by atoms with E-state index in [1.54, 1.807) is 13.3 Å². The van der Waals surface area contributed by atoms with Crippen molar-refractivity contribution in [3.8, 4) is 11.3 Å². The molecule has 1 N–H and O–H groups in total. The minimum absolute atomic E-state index is 0.620. The molecule has 4 nitrogen and oxygen atoms in total. The Labute approximate surface area is 107 Å². The maximum atomic E-state index is 5.72. The summed E-state index contributed by atoms with van der Waals surface area (Å²) in [5.41, 5.74) is 2.28. The van der Waals surface area contributed by atoms with Crippen LogP contribution in [0.4, 0.5) is 0 Å². The van der Waals surface area contributed by atoms with Gasteiger partial charge in [0, 0.05) is 19.2 Å². The topological polar surface area (TPSA) is 47.3 Å². The van der Waals surface area contributed by atoms with E-state index < -0.39 is 0 Å². The van der Waals surface area contributed by atoms with Crippen LogP contribution in [-0.2, 0) is 11.3 Å². The van der Waals surface area contributed by atoms with Gasteiger partial charge in [0.25, 0.3) is 0 Å². The molecule has 1 aromatic heterocycles. The van der Waals surface area contributed by atoms with Crippen LogP contribution in [-0.4, -0.2) is 25.2 Å². The lowest BCUT2D eigenvalue weighted by molar-refractivity contribution is 0.198. The van der Waals surface area contributed by atoms with Crippen molar-refractivity contribution in [1.82, 2.24) is 10.3 Å². The first-order chi connectivity index (χ1) is 8.81. The van der Waals surface area contributed by atoms with Crippen LogP contribution in [0.3, 0.4) is 0 Å². The van der Waals surface area contributed by atoms with E-state index in [-0.39, 0.29) is 0 Å². The standard InChI is InChI=1S/C14H18N2O2/c1-11-5-3-4-6-12(11)13-9-16-14(18-13)10-15-7-8-17-2/h3-6,9,15H,7-8,10H2,1-2H3. The van der Waals surface area contributed by atoms with Crippen LogP contribution in [0, 0.1) is 6.92 Å². The molecule has 0 aliphatic heterocycles. The van der Waals surface area contributed by atoms with E-state index in [0.29, 0.717) is 19.0 Å². The Kier molecular flexibility index (Phi) is 4.50. The van der Waals surface area contributed by atoms with Crippen molar-refractivity contribution in [2.75, 3.05) is 20.3 Å². The molecule has 0 radical (unpaired) electrons. The Morgan fingerprint density at radius 2 is 2.17 bits per heavy atom. The molecule has 1 heterocycles. The number of aryl methyl sites for hydroxylation is 1. The fraction of sp³-hybridized carbons (Fsp3) is 0.357. The molecule has 96 valence electrons. The number of benzene rings is 1. The van der Waals surface area contributed by atoms with Crippen molar-refractivity contribution >= 4 is 0 Å². The number of rotatable bonds is 6. The first-order valence-electron chi connectivity index (χ1n) is 6.01. The lowest BCUT2D eigenvalue weighted by Crippen LogP contribution is -2.18. The van der Waals surface area contributed by atoms with Crippen molar-refractivity contribution in [2.45, 2.75) is 13.5 Å². The summed E-state index contributed by atoms with van der Waals surface area (Å²) in [4.78, 5) is 4.26. The zero-order chi connectivity index (χ0) is 12.8. The summed E-state index contributed by atoms with van der Waals surface area (Å²) in [6, 6.07) is 8.12. The number of nitrogens with zero attached hydrogens (tertiary/aromatic N) is 1. The van der Waals surface area contributed by atoms with Crippen molar-refractivity contribution in [3.63, 3.8) is 0 Å². The highest BCUT2D eigenvalue weighted by atomic mass is 16.5. The van der Waals surface area contributed by atoms with Gasteiger partial charge in [-0.25, -0.2) is 4.98 Å². The Hall–Kier alpha value is -1.65. The van der Waals surface area contributed by atoms with Crippen molar-refractivity contribution in [3.05, 3.63) is 41.9 Å². The van der Waals surface area contributed by atoms with Gasteiger partial charge in [0.15, 0.2) is 5.76 Å². The molecule has 0 saturated carbocycles. The third-order valence-corrected chi connectivity index (χ3v) is 2.72. The number of methoxy groups -OCH3 is 1. The normalized spacial score (nSPS) is 10.8. The molecule has 4 heteroatoms. The summed E-state index contributed by atoms with van der Waals surface area (Å²) >= 11 is 0. The van der Waals surface area contributed by atoms with Gasteiger partial charge >= 0.3 is 0 Å². The summed E-state index contributed by atoms with van der Waals surface area (Å²) in [7, 11) is 1.68. The average Bonchev–Trinajstić information content (AvgIpc) is 2.84. The van der Waals surface area contributed by atoms with Crippen LogP contribution >= 0.6 is 0 Å². The molecule has 18 heavy (non-hydrogen) atoms. The quantitative estimate of drug-likeness (QED) is 0.795. The third kappa shape index (κ3) is 3.18. The van der Waals surface area contributed by atoms with Gasteiger partial charge in [0.2, 0.25) is 5.89 Å². The average molecular weight is 246 g/mol. The highest BCUT2D eigenvalue weighted by molar-refractivity contribution is 5.60. The molecule has 0 bridgehead atoms. The zero-order valence-electron chi connectivity index (χ0n) is 10.8. The fourth-order valence-electron chi connectivity index (χ4n) is 1.74. The second kappa shape index (κ2) is 6.33. The van der Waals surface area contributed by atoms with E-state index in [1.165, 1.54) is 5.56 Å². The predicted molar refractivity (Wildman–Crippen MR) is 70.3 cm³/mol. The van der Waals surface area contributed by atoms with E-state index in [9.17, 15) is 0 Å². The van der Waals surface area contributed by atoms with Crippen LogP contribution in [0.15, 0.2) is 34.9 Å². The summed E-state index contributed by atoms with van der Waals surface area (Å²) in [6.45, 7) is 4.16. The van der Waals surface area contributed by atoms with E-state index >= 15 is 0 Å². The van der Waals surface area contributed by atoms with E-state index in [2.05, 4.69) is 23.3 Å². The van der Waals surface area contributed by atoms with Crippen LogP contribution in [0.1, 0.15) is 11.5 Å². The smallest absolute Gasteiger partial charge is 0.208 e. The van der Waals surface area contributed by atoms with E-state index in [1.807, 2.05) is 18.2 Å². The summed E-state index contributed by atoms with van der Waals surface area (Å²) in [6.07, 6.45) is 1.77. The molecule has 0 spiro atoms. The Morgan fingerprint density at radius 3 is 2.94 bits per heavy atom. The third-order valence-electron chi connectivity index (χ3n) is 2.72. The largest absolute Gasteiger partial charge is 0.439 e. The molecule has 0 aliphatic carbocycles. The fourth-order valence-corrected chi connectivity index (χ4v) is 1.74. The number of hydrogen-bond acceptors (Lipinski definition) is 4. The molecule has 0 aliphatic rings. The minimum atomic E-state index is 0.620. The van der Waals surface area contributed by atoms with Crippen LogP contribution in [0.25, 0.3) is 11.3 Å². The Bertz CT molecular complexity index is 494. The SMILES string of the molecule is COCCNCc1ncc(-c2ccccc2C)o1. The van der Waals surface area contributed by atoms with Gasteiger partial charge in [0.05, 0.1) is 19.3 Å². The minimum Gasteiger partial charge on any atom is -0.439 e. The molecule has 0 unspecified atom stereocenters. The lowest BCUT2D eigenvalue weighted by Gasteiger charge is -2.01. The van der Waals surface area contributed by atoms with Gasteiger partial charge in [-0.1, -0.05) is 24.3 Å². The second-order valence-corrected chi connectivity index (χ2v) is 4.10. The Balaban J connectivity index is 2.00.